The molecule has 1 heterocycles. The Morgan fingerprint density at radius 2 is 1.81 bits per heavy atom. The molecule has 4 aromatic rings. The van der Waals surface area contributed by atoms with E-state index in [9.17, 15) is 14.4 Å². The lowest BCUT2D eigenvalue weighted by molar-refractivity contribution is -0.112. The Morgan fingerprint density at radius 1 is 1.09 bits per heavy atom. The molecular formula is C26H20FN3O2. The van der Waals surface area contributed by atoms with Crippen molar-refractivity contribution in [1.82, 2.24) is 4.57 Å². The molecule has 1 aromatic heterocycles. The summed E-state index contributed by atoms with van der Waals surface area (Å²) in [6.45, 7) is 0.334. The fraction of sp³-hybridized carbons (Fsp3) is 0.0769. The van der Waals surface area contributed by atoms with Crippen molar-refractivity contribution in [3.63, 3.8) is 0 Å². The first-order chi connectivity index (χ1) is 15.6. The molecule has 5 nitrogen and oxygen atoms in total. The molecule has 32 heavy (non-hydrogen) atoms. The maximum atomic E-state index is 14.2. The number of methoxy groups -OCH3 is 1. The van der Waals surface area contributed by atoms with Gasteiger partial charge >= 0.3 is 0 Å². The van der Waals surface area contributed by atoms with Gasteiger partial charge in [0.05, 0.1) is 13.7 Å². The quantitative estimate of drug-likeness (QED) is 0.333. The molecule has 0 spiro atoms. The Hall–Kier alpha value is -4.37. The minimum absolute atomic E-state index is 0.0328. The van der Waals surface area contributed by atoms with Crippen LogP contribution in [0.2, 0.25) is 0 Å². The number of ether oxygens (including phenoxy) is 1. The standard InChI is InChI=1S/C26H20FN3O2/c1-32-22-12-10-21(11-13-22)29-26(31)19(15-28)14-20-17-30(25-9-5-3-7-23(20)25)16-18-6-2-4-8-24(18)27/h2-14,17H,16H2,1H3,(H,29,31). The van der Waals surface area contributed by atoms with Crippen molar-refractivity contribution in [2.24, 2.45) is 0 Å². The molecule has 1 N–H and O–H groups in total. The van der Waals surface area contributed by atoms with Crippen molar-refractivity contribution in [3.8, 4) is 11.8 Å². The second-order valence-corrected chi connectivity index (χ2v) is 7.17. The smallest absolute Gasteiger partial charge is 0.266 e. The van der Waals surface area contributed by atoms with Crippen molar-refractivity contribution in [2.45, 2.75) is 6.54 Å². The number of nitrogens with zero attached hydrogens (tertiary/aromatic N) is 2. The summed E-state index contributed by atoms with van der Waals surface area (Å²) in [5.41, 5.74) is 2.67. The van der Waals surface area contributed by atoms with E-state index in [-0.39, 0.29) is 11.4 Å². The molecule has 0 bridgehead atoms. The minimum Gasteiger partial charge on any atom is -0.497 e. The van der Waals surface area contributed by atoms with E-state index in [4.69, 9.17) is 4.74 Å². The average Bonchev–Trinajstić information content (AvgIpc) is 3.16. The molecule has 0 saturated heterocycles. The van der Waals surface area contributed by atoms with Gasteiger partial charge in [0, 0.05) is 33.9 Å². The van der Waals surface area contributed by atoms with Crippen molar-refractivity contribution < 1.29 is 13.9 Å². The zero-order valence-electron chi connectivity index (χ0n) is 17.4. The summed E-state index contributed by atoms with van der Waals surface area (Å²) in [7, 11) is 1.56. The van der Waals surface area contributed by atoms with Crippen molar-refractivity contribution in [1.29, 1.82) is 5.26 Å². The zero-order chi connectivity index (χ0) is 22.5. The molecule has 0 aliphatic carbocycles. The van der Waals surface area contributed by atoms with Gasteiger partial charge in [-0.2, -0.15) is 5.26 Å². The van der Waals surface area contributed by atoms with Gasteiger partial charge < -0.3 is 14.6 Å². The maximum Gasteiger partial charge on any atom is 0.266 e. The van der Waals surface area contributed by atoms with Crippen LogP contribution >= 0.6 is 0 Å². The summed E-state index contributed by atoms with van der Waals surface area (Å²) in [6, 6.07) is 23.1. The molecule has 1 amide bonds. The molecule has 0 unspecified atom stereocenters. The van der Waals surface area contributed by atoms with E-state index in [1.807, 2.05) is 41.1 Å². The normalized spacial score (nSPS) is 11.2. The maximum absolute atomic E-state index is 14.2. The van der Waals surface area contributed by atoms with Gasteiger partial charge in [0.1, 0.15) is 23.2 Å². The van der Waals surface area contributed by atoms with E-state index in [0.717, 1.165) is 10.9 Å². The first-order valence-electron chi connectivity index (χ1n) is 9.97. The van der Waals surface area contributed by atoms with Crippen LogP contribution in [0.25, 0.3) is 17.0 Å². The number of carbonyl (C=O) groups is 1. The summed E-state index contributed by atoms with van der Waals surface area (Å²) in [5, 5.41) is 13.2. The average molecular weight is 425 g/mol. The molecule has 158 valence electrons. The number of hydrogen-bond acceptors (Lipinski definition) is 3. The lowest BCUT2D eigenvalue weighted by Crippen LogP contribution is -2.13. The summed E-state index contributed by atoms with van der Waals surface area (Å²) in [6.07, 6.45) is 3.38. The summed E-state index contributed by atoms with van der Waals surface area (Å²) in [5.74, 6) is -0.121. The van der Waals surface area contributed by atoms with Gasteiger partial charge in [0.15, 0.2) is 0 Å². The number of fused-ring (bicyclic) bond motifs is 1. The van der Waals surface area contributed by atoms with E-state index in [2.05, 4.69) is 5.32 Å². The number of rotatable bonds is 6. The number of nitriles is 1. The molecule has 0 aliphatic rings. The summed E-state index contributed by atoms with van der Waals surface area (Å²) in [4.78, 5) is 12.7. The number of amides is 1. The third kappa shape index (κ3) is 4.37. The Balaban J connectivity index is 1.66. The first-order valence-corrected chi connectivity index (χ1v) is 9.97. The number of aromatic nitrogens is 1. The Kier molecular flexibility index (Phi) is 6.00. The lowest BCUT2D eigenvalue weighted by Gasteiger charge is -2.06. The van der Waals surface area contributed by atoms with Crippen molar-refractivity contribution >= 4 is 28.6 Å². The zero-order valence-corrected chi connectivity index (χ0v) is 17.4. The highest BCUT2D eigenvalue weighted by molar-refractivity contribution is 6.10. The van der Waals surface area contributed by atoms with Crippen LogP contribution in [0, 0.1) is 17.1 Å². The Labute approximate surface area is 185 Å². The second-order valence-electron chi connectivity index (χ2n) is 7.17. The molecule has 0 saturated carbocycles. The largest absolute Gasteiger partial charge is 0.497 e. The van der Waals surface area contributed by atoms with Gasteiger partial charge in [-0.05, 0) is 42.5 Å². The highest BCUT2D eigenvalue weighted by Crippen LogP contribution is 2.25. The first kappa shape index (κ1) is 20.9. The second kappa shape index (κ2) is 9.19. The van der Waals surface area contributed by atoms with Crippen LogP contribution in [-0.4, -0.2) is 17.6 Å². The molecular weight excluding hydrogens is 405 g/mol. The number of para-hydroxylation sites is 1. The Morgan fingerprint density at radius 3 is 2.53 bits per heavy atom. The predicted molar refractivity (Wildman–Crippen MR) is 123 cm³/mol. The minimum atomic E-state index is -0.511. The number of carbonyl (C=O) groups excluding carboxylic acids is 1. The number of benzene rings is 3. The van der Waals surface area contributed by atoms with Crippen LogP contribution in [0.15, 0.2) is 84.6 Å². The molecule has 0 atom stereocenters. The Bertz CT molecular complexity index is 1350. The number of anilines is 1. The van der Waals surface area contributed by atoms with Gasteiger partial charge in [-0.3, -0.25) is 4.79 Å². The van der Waals surface area contributed by atoms with Crippen LogP contribution in [0.5, 0.6) is 5.75 Å². The topological polar surface area (TPSA) is 67.0 Å². The van der Waals surface area contributed by atoms with Crippen LogP contribution in [0.3, 0.4) is 0 Å². The van der Waals surface area contributed by atoms with Crippen LogP contribution in [0.1, 0.15) is 11.1 Å². The number of hydrogen-bond donors (Lipinski definition) is 1. The summed E-state index contributed by atoms with van der Waals surface area (Å²) >= 11 is 0. The van der Waals surface area contributed by atoms with E-state index in [1.54, 1.807) is 55.7 Å². The lowest BCUT2D eigenvalue weighted by atomic mass is 10.1. The van der Waals surface area contributed by atoms with Gasteiger partial charge in [0.25, 0.3) is 5.91 Å². The number of halogens is 1. The van der Waals surface area contributed by atoms with E-state index < -0.39 is 5.91 Å². The monoisotopic (exact) mass is 425 g/mol. The van der Waals surface area contributed by atoms with Gasteiger partial charge in [-0.1, -0.05) is 36.4 Å². The third-order valence-electron chi connectivity index (χ3n) is 5.13. The highest BCUT2D eigenvalue weighted by Gasteiger charge is 2.14. The fourth-order valence-electron chi connectivity index (χ4n) is 3.51. The van der Waals surface area contributed by atoms with Crippen LogP contribution < -0.4 is 10.1 Å². The SMILES string of the molecule is COc1ccc(NC(=O)C(C#N)=Cc2cn(Cc3ccccc3F)c3ccccc23)cc1. The molecule has 4 rings (SSSR count). The molecule has 0 aliphatic heterocycles. The molecule has 6 heteroatoms. The highest BCUT2D eigenvalue weighted by atomic mass is 19.1. The molecule has 3 aromatic carbocycles. The van der Waals surface area contributed by atoms with E-state index in [1.165, 1.54) is 6.07 Å². The van der Waals surface area contributed by atoms with Gasteiger partial charge in [-0.25, -0.2) is 4.39 Å². The van der Waals surface area contributed by atoms with E-state index >= 15 is 0 Å². The van der Waals surface area contributed by atoms with Crippen LogP contribution in [-0.2, 0) is 11.3 Å². The van der Waals surface area contributed by atoms with E-state index in [0.29, 0.717) is 29.1 Å². The third-order valence-corrected chi connectivity index (χ3v) is 5.13. The predicted octanol–water partition coefficient (Wildman–Crippen LogP) is 5.38. The van der Waals surface area contributed by atoms with Crippen molar-refractivity contribution in [2.75, 3.05) is 12.4 Å². The van der Waals surface area contributed by atoms with Gasteiger partial charge in [0.2, 0.25) is 0 Å². The number of nitrogens with one attached hydrogen (secondary N) is 1. The molecule has 0 fully saturated rings. The fourth-order valence-corrected chi connectivity index (χ4v) is 3.51. The van der Waals surface area contributed by atoms with Crippen molar-refractivity contribution in [3.05, 3.63) is 102 Å². The van der Waals surface area contributed by atoms with Crippen LogP contribution in [0.4, 0.5) is 10.1 Å². The van der Waals surface area contributed by atoms with Gasteiger partial charge in [-0.15, -0.1) is 0 Å². The molecule has 0 radical (unpaired) electrons. The summed E-state index contributed by atoms with van der Waals surface area (Å²) < 4.78 is 21.2.